The van der Waals surface area contributed by atoms with E-state index in [1.54, 1.807) is 12.3 Å². The number of nitrogens with zero attached hydrogens (tertiary/aromatic N) is 3. The van der Waals surface area contributed by atoms with Crippen LogP contribution in [-0.2, 0) is 4.79 Å². The first-order valence-corrected chi connectivity index (χ1v) is 10.4. The van der Waals surface area contributed by atoms with Gasteiger partial charge in [0, 0.05) is 24.9 Å². The molecule has 4 rings (SSSR count). The summed E-state index contributed by atoms with van der Waals surface area (Å²) in [5, 5.41) is 8.69. The second kappa shape index (κ2) is 10.4. The van der Waals surface area contributed by atoms with Crippen molar-refractivity contribution in [1.29, 1.82) is 0 Å². The zero-order valence-electron chi connectivity index (χ0n) is 17.0. The molecule has 2 aromatic rings. The number of halogens is 2. The molecule has 0 spiro atoms. The van der Waals surface area contributed by atoms with Gasteiger partial charge in [-0.25, -0.2) is 4.68 Å². The molecule has 1 saturated heterocycles. The van der Waals surface area contributed by atoms with E-state index < -0.39 is 0 Å². The van der Waals surface area contributed by atoms with Gasteiger partial charge < -0.3 is 10.2 Å². The van der Waals surface area contributed by atoms with E-state index in [-0.39, 0.29) is 11.9 Å². The van der Waals surface area contributed by atoms with Crippen LogP contribution in [0.15, 0.2) is 41.7 Å². The second-order valence-corrected chi connectivity index (χ2v) is 7.21. The molecule has 7 heteroatoms. The molecule has 5 nitrogen and oxygen atoms in total. The molecular weight excluding hydrogens is 407 g/mol. The third-order valence-corrected chi connectivity index (χ3v) is 5.53. The Morgan fingerprint density at radius 3 is 2.41 bits per heavy atom. The van der Waals surface area contributed by atoms with Crippen molar-refractivity contribution >= 4 is 34.9 Å². The molecule has 1 aromatic carbocycles. The van der Waals surface area contributed by atoms with Gasteiger partial charge in [-0.3, -0.25) is 4.79 Å². The molecule has 1 N–H and O–H groups in total. The summed E-state index contributed by atoms with van der Waals surface area (Å²) < 4.78 is 1.83. The summed E-state index contributed by atoms with van der Waals surface area (Å²) in [6.45, 7) is 7.54. The number of hydrogen-bond acceptors (Lipinski definition) is 3. The lowest BCUT2D eigenvalue weighted by atomic mass is 9.94. The Morgan fingerprint density at radius 2 is 1.79 bits per heavy atom. The van der Waals surface area contributed by atoms with E-state index in [1.165, 1.54) is 0 Å². The summed E-state index contributed by atoms with van der Waals surface area (Å²) in [4.78, 5) is 15.1. The minimum atomic E-state index is -0.325. The fourth-order valence-electron chi connectivity index (χ4n) is 3.56. The molecule has 2 aliphatic rings. The summed E-state index contributed by atoms with van der Waals surface area (Å²) in [6, 6.07) is 7.05. The maximum atomic E-state index is 13.2. The number of terminal acetylenes is 1. The van der Waals surface area contributed by atoms with Crippen LogP contribution in [0.3, 0.4) is 0 Å². The van der Waals surface area contributed by atoms with Gasteiger partial charge in [0.25, 0.3) is 5.91 Å². The third-order valence-electron chi connectivity index (χ3n) is 4.79. The van der Waals surface area contributed by atoms with Crippen LogP contribution < -0.4 is 5.32 Å². The molecule has 1 fully saturated rings. The van der Waals surface area contributed by atoms with Crippen LogP contribution in [0.1, 0.15) is 45.2 Å². The van der Waals surface area contributed by atoms with Crippen LogP contribution in [0.5, 0.6) is 0 Å². The number of fused-ring (bicyclic) bond motifs is 1. The lowest BCUT2D eigenvalue weighted by molar-refractivity contribution is -0.126. The van der Waals surface area contributed by atoms with Crippen molar-refractivity contribution in [3.8, 4) is 12.8 Å². The predicted molar refractivity (Wildman–Crippen MR) is 120 cm³/mol. The lowest BCUT2D eigenvalue weighted by Crippen LogP contribution is -2.36. The Balaban J connectivity index is 0.000000707. The molecule has 0 aliphatic carbocycles. The summed E-state index contributed by atoms with van der Waals surface area (Å²) >= 11 is 12.3. The topological polar surface area (TPSA) is 50.2 Å². The van der Waals surface area contributed by atoms with Crippen LogP contribution in [0.25, 0.3) is 0 Å². The van der Waals surface area contributed by atoms with Gasteiger partial charge in [-0.05, 0) is 37.5 Å². The Hall–Kier alpha value is -2.42. The smallest absolute Gasteiger partial charge is 0.254 e. The summed E-state index contributed by atoms with van der Waals surface area (Å²) in [5.41, 5.74) is 2.44. The van der Waals surface area contributed by atoms with Crippen LogP contribution >= 0.6 is 23.2 Å². The largest absolute Gasteiger partial charge is 0.344 e. The monoisotopic (exact) mass is 432 g/mol. The number of benzene rings is 1. The molecule has 0 radical (unpaired) electrons. The second-order valence-electron chi connectivity index (χ2n) is 6.40. The summed E-state index contributed by atoms with van der Waals surface area (Å²) in [7, 11) is 0. The summed E-state index contributed by atoms with van der Waals surface area (Å²) in [6.07, 6.45) is 11.8. The molecule has 1 atom stereocenters. The van der Waals surface area contributed by atoms with Gasteiger partial charge >= 0.3 is 0 Å². The zero-order chi connectivity index (χ0) is 21.6. The quantitative estimate of drug-likeness (QED) is 0.648. The molecule has 1 amide bonds. The number of carbonyl (C=O) groups is 1. The predicted octanol–water partition coefficient (Wildman–Crippen LogP) is 5.38. The number of likely N-dealkylation sites (tertiary alicyclic amines) is 1. The van der Waals surface area contributed by atoms with Gasteiger partial charge in [0.1, 0.15) is 11.9 Å². The van der Waals surface area contributed by atoms with E-state index in [4.69, 9.17) is 23.2 Å². The molecule has 0 saturated carbocycles. The SMILES string of the molecule is C#C.CC.CC1=C(C(=O)N2CCCC2)C(c2ccc(Cl)c(Cl)c2)n2nccc2N1. The van der Waals surface area contributed by atoms with Crippen LogP contribution in [0.2, 0.25) is 10.0 Å². The minimum absolute atomic E-state index is 0.0553. The molecule has 3 heterocycles. The number of carbonyl (C=O) groups excluding carboxylic acids is 1. The highest BCUT2D eigenvalue weighted by molar-refractivity contribution is 6.42. The number of rotatable bonds is 2. The van der Waals surface area contributed by atoms with Gasteiger partial charge in [0.2, 0.25) is 0 Å². The summed E-state index contributed by atoms with van der Waals surface area (Å²) in [5.74, 6) is 0.909. The van der Waals surface area contributed by atoms with Crippen LogP contribution in [0, 0.1) is 12.8 Å². The number of aromatic nitrogens is 2. The molecular formula is C22H26Cl2N4O. The van der Waals surface area contributed by atoms with Gasteiger partial charge in [-0.2, -0.15) is 5.10 Å². The number of nitrogens with one attached hydrogen (secondary N) is 1. The van der Waals surface area contributed by atoms with Crippen molar-refractivity contribution < 1.29 is 4.79 Å². The van der Waals surface area contributed by atoms with Gasteiger partial charge in [-0.1, -0.05) is 43.1 Å². The van der Waals surface area contributed by atoms with E-state index in [9.17, 15) is 4.79 Å². The normalized spacial score (nSPS) is 17.3. The molecule has 1 unspecified atom stereocenters. The third kappa shape index (κ3) is 4.60. The fraction of sp³-hybridized carbons (Fsp3) is 0.364. The minimum Gasteiger partial charge on any atom is -0.344 e. The molecule has 1 aromatic heterocycles. The number of amides is 1. The number of anilines is 1. The first-order chi connectivity index (χ1) is 14.1. The standard InChI is InChI=1S/C18H18Cl2N4O.C2H6.C2H2/c1-11-16(18(25)23-8-2-3-9-23)17(24-15(22-11)6-7-21-24)12-4-5-13(19)14(20)10-12;2*1-2/h4-7,10,17,22H,2-3,8-9H2,1H3;1-2H3;1-2H. The van der Waals surface area contributed by atoms with Crippen LogP contribution in [0.4, 0.5) is 5.82 Å². The van der Waals surface area contributed by atoms with Crippen LogP contribution in [-0.4, -0.2) is 33.7 Å². The van der Waals surface area contributed by atoms with Crippen molar-refractivity contribution in [2.24, 2.45) is 0 Å². The average molecular weight is 433 g/mol. The van der Waals surface area contributed by atoms with E-state index in [2.05, 4.69) is 23.3 Å². The van der Waals surface area contributed by atoms with Gasteiger partial charge in [-0.15, -0.1) is 12.8 Å². The molecule has 2 aliphatic heterocycles. The lowest BCUT2D eigenvalue weighted by Gasteiger charge is -2.32. The number of hydrogen-bond donors (Lipinski definition) is 1. The Kier molecular flexibility index (Phi) is 8.19. The van der Waals surface area contributed by atoms with Gasteiger partial charge in [0.15, 0.2) is 0 Å². The highest BCUT2D eigenvalue weighted by Crippen LogP contribution is 2.38. The fourth-order valence-corrected chi connectivity index (χ4v) is 3.87. The van der Waals surface area contributed by atoms with Crippen molar-refractivity contribution in [3.05, 3.63) is 57.3 Å². The Morgan fingerprint density at radius 1 is 1.14 bits per heavy atom. The molecule has 0 bridgehead atoms. The highest BCUT2D eigenvalue weighted by Gasteiger charge is 2.35. The van der Waals surface area contributed by atoms with Crippen molar-refractivity contribution in [2.75, 3.05) is 18.4 Å². The Labute approximate surface area is 182 Å². The maximum absolute atomic E-state index is 13.2. The van der Waals surface area contributed by atoms with Crippen molar-refractivity contribution in [2.45, 2.75) is 39.7 Å². The van der Waals surface area contributed by atoms with Gasteiger partial charge in [0.05, 0.1) is 21.8 Å². The van der Waals surface area contributed by atoms with E-state index in [0.717, 1.165) is 43.0 Å². The first kappa shape index (κ1) is 22.9. The molecule has 154 valence electrons. The average Bonchev–Trinajstić information content (AvgIpc) is 3.43. The number of allylic oxidation sites excluding steroid dienone is 1. The molecule has 29 heavy (non-hydrogen) atoms. The highest BCUT2D eigenvalue weighted by atomic mass is 35.5. The Bertz CT molecular complexity index is 911. The van der Waals surface area contributed by atoms with Crippen molar-refractivity contribution in [1.82, 2.24) is 14.7 Å². The first-order valence-electron chi connectivity index (χ1n) is 9.65. The van der Waals surface area contributed by atoms with E-state index in [1.807, 2.05) is 48.6 Å². The van der Waals surface area contributed by atoms with E-state index in [0.29, 0.717) is 15.6 Å². The zero-order valence-corrected chi connectivity index (χ0v) is 18.5. The van der Waals surface area contributed by atoms with Crippen molar-refractivity contribution in [3.63, 3.8) is 0 Å². The van der Waals surface area contributed by atoms with E-state index >= 15 is 0 Å². The maximum Gasteiger partial charge on any atom is 0.254 e.